The Bertz CT molecular complexity index is 447. The lowest BCUT2D eigenvalue weighted by atomic mass is 10.1. The fourth-order valence-electron chi connectivity index (χ4n) is 2.37. The van der Waals surface area contributed by atoms with Crippen LogP contribution in [-0.2, 0) is 0 Å². The van der Waals surface area contributed by atoms with Crippen LogP contribution in [0.1, 0.15) is 16.8 Å². The van der Waals surface area contributed by atoms with Crippen LogP contribution in [0.5, 0.6) is 0 Å². The third kappa shape index (κ3) is 2.92. The highest BCUT2D eigenvalue weighted by Gasteiger charge is 2.19. The Balaban J connectivity index is 2.04. The minimum Gasteiger partial charge on any atom is -0.399 e. The molecule has 0 aliphatic carbocycles. The first-order chi connectivity index (χ1) is 8.56. The van der Waals surface area contributed by atoms with Crippen LogP contribution < -0.4 is 16.8 Å². The molecule has 0 bridgehead atoms. The Hall–Kier alpha value is -1.75. The molecule has 1 heterocycles. The summed E-state index contributed by atoms with van der Waals surface area (Å²) >= 11 is 0. The molecule has 0 aromatic heterocycles. The van der Waals surface area contributed by atoms with Gasteiger partial charge in [0.2, 0.25) is 0 Å². The summed E-state index contributed by atoms with van der Waals surface area (Å²) in [5, 5.41) is 3.29. The zero-order chi connectivity index (χ0) is 13.1. The molecular formula is C13H20N4O. The highest BCUT2D eigenvalue weighted by Crippen LogP contribution is 2.21. The van der Waals surface area contributed by atoms with Gasteiger partial charge in [0, 0.05) is 24.5 Å². The van der Waals surface area contributed by atoms with E-state index in [1.54, 1.807) is 18.2 Å². The summed E-state index contributed by atoms with van der Waals surface area (Å²) < 4.78 is 0. The summed E-state index contributed by atoms with van der Waals surface area (Å²) in [5.41, 5.74) is 12.9. The number of likely N-dealkylation sites (tertiary alicyclic amines) is 1. The molecule has 0 spiro atoms. The van der Waals surface area contributed by atoms with Gasteiger partial charge in [0.1, 0.15) is 0 Å². The second-order valence-corrected chi connectivity index (χ2v) is 4.97. The van der Waals surface area contributed by atoms with Crippen molar-refractivity contribution in [2.75, 3.05) is 37.7 Å². The molecule has 1 fully saturated rings. The smallest absolute Gasteiger partial charge is 0.250 e. The molecule has 5 nitrogen and oxygen atoms in total. The Morgan fingerprint density at radius 2 is 2.33 bits per heavy atom. The third-order valence-corrected chi connectivity index (χ3v) is 3.38. The van der Waals surface area contributed by atoms with Crippen LogP contribution in [-0.4, -0.2) is 37.5 Å². The van der Waals surface area contributed by atoms with Gasteiger partial charge >= 0.3 is 0 Å². The lowest BCUT2D eigenvalue weighted by molar-refractivity contribution is 0.100. The number of rotatable bonds is 4. The van der Waals surface area contributed by atoms with Crippen molar-refractivity contribution in [2.45, 2.75) is 6.42 Å². The number of nitrogens with two attached hydrogens (primary N) is 2. The van der Waals surface area contributed by atoms with Gasteiger partial charge in [-0.05, 0) is 44.1 Å². The van der Waals surface area contributed by atoms with E-state index in [0.717, 1.165) is 25.3 Å². The van der Waals surface area contributed by atoms with Gasteiger partial charge in [-0.15, -0.1) is 0 Å². The number of nitrogen functional groups attached to an aromatic ring is 1. The Labute approximate surface area is 107 Å². The summed E-state index contributed by atoms with van der Waals surface area (Å²) in [7, 11) is 2.12. The number of carbonyl (C=O) groups is 1. The van der Waals surface area contributed by atoms with Crippen molar-refractivity contribution >= 4 is 17.3 Å². The molecule has 2 rings (SSSR count). The monoisotopic (exact) mass is 248 g/mol. The van der Waals surface area contributed by atoms with Crippen molar-refractivity contribution in [1.29, 1.82) is 0 Å². The van der Waals surface area contributed by atoms with Crippen molar-refractivity contribution in [2.24, 2.45) is 11.7 Å². The summed E-state index contributed by atoms with van der Waals surface area (Å²) in [5.74, 6) is 0.179. The SMILES string of the molecule is CN1CCC(CNc2cc(N)ccc2C(N)=O)C1. The number of amides is 1. The lowest BCUT2D eigenvalue weighted by Gasteiger charge is -2.15. The molecule has 18 heavy (non-hydrogen) atoms. The van der Waals surface area contributed by atoms with Crippen LogP contribution >= 0.6 is 0 Å². The van der Waals surface area contributed by atoms with E-state index < -0.39 is 5.91 Å². The van der Waals surface area contributed by atoms with E-state index >= 15 is 0 Å². The zero-order valence-corrected chi connectivity index (χ0v) is 10.6. The number of hydrogen-bond donors (Lipinski definition) is 3. The first kappa shape index (κ1) is 12.7. The predicted octanol–water partition coefficient (Wildman–Crippen LogP) is 0.731. The molecular weight excluding hydrogens is 228 g/mol. The topological polar surface area (TPSA) is 84.4 Å². The zero-order valence-electron chi connectivity index (χ0n) is 10.6. The van der Waals surface area contributed by atoms with E-state index in [2.05, 4.69) is 17.3 Å². The fraction of sp³-hybridized carbons (Fsp3) is 0.462. The number of nitrogens with zero attached hydrogens (tertiary/aromatic N) is 1. The number of hydrogen-bond acceptors (Lipinski definition) is 4. The molecule has 1 aliphatic heterocycles. The lowest BCUT2D eigenvalue weighted by Crippen LogP contribution is -2.21. The molecule has 1 aliphatic rings. The molecule has 5 heteroatoms. The van der Waals surface area contributed by atoms with Gasteiger partial charge in [-0.3, -0.25) is 4.79 Å². The van der Waals surface area contributed by atoms with Gasteiger partial charge < -0.3 is 21.7 Å². The molecule has 0 radical (unpaired) electrons. The second-order valence-electron chi connectivity index (χ2n) is 4.97. The highest BCUT2D eigenvalue weighted by molar-refractivity contribution is 5.99. The third-order valence-electron chi connectivity index (χ3n) is 3.38. The largest absolute Gasteiger partial charge is 0.399 e. The molecule has 1 saturated heterocycles. The van der Waals surface area contributed by atoms with Gasteiger partial charge in [-0.2, -0.15) is 0 Å². The Morgan fingerprint density at radius 3 is 2.94 bits per heavy atom. The second kappa shape index (κ2) is 5.27. The molecule has 1 aromatic rings. The number of carbonyl (C=O) groups excluding carboxylic acids is 1. The first-order valence-corrected chi connectivity index (χ1v) is 6.18. The summed E-state index contributed by atoms with van der Waals surface area (Å²) in [6.07, 6.45) is 1.18. The predicted molar refractivity (Wildman–Crippen MR) is 73.5 cm³/mol. The average molecular weight is 248 g/mol. The van der Waals surface area contributed by atoms with Crippen LogP contribution in [0.3, 0.4) is 0 Å². The Kier molecular flexibility index (Phi) is 3.72. The van der Waals surface area contributed by atoms with Gasteiger partial charge in [-0.25, -0.2) is 0 Å². The van der Waals surface area contributed by atoms with Gasteiger partial charge in [0.15, 0.2) is 0 Å². The van der Waals surface area contributed by atoms with Crippen LogP contribution in [0.2, 0.25) is 0 Å². The maximum atomic E-state index is 11.3. The number of anilines is 2. The van der Waals surface area contributed by atoms with Crippen LogP contribution in [0, 0.1) is 5.92 Å². The average Bonchev–Trinajstić information content (AvgIpc) is 2.72. The molecule has 1 unspecified atom stereocenters. The van der Waals surface area contributed by atoms with Crippen molar-refractivity contribution in [1.82, 2.24) is 4.90 Å². The molecule has 5 N–H and O–H groups in total. The maximum Gasteiger partial charge on any atom is 0.250 e. The van der Waals surface area contributed by atoms with E-state index in [1.165, 1.54) is 6.42 Å². The highest BCUT2D eigenvalue weighted by atomic mass is 16.1. The molecule has 0 saturated carbocycles. The Morgan fingerprint density at radius 1 is 1.56 bits per heavy atom. The van der Waals surface area contributed by atoms with E-state index in [4.69, 9.17) is 11.5 Å². The summed E-state index contributed by atoms with van der Waals surface area (Å²) in [4.78, 5) is 13.6. The van der Waals surface area contributed by atoms with Gasteiger partial charge in [-0.1, -0.05) is 0 Å². The fourth-order valence-corrected chi connectivity index (χ4v) is 2.37. The van der Waals surface area contributed by atoms with Crippen molar-refractivity contribution in [3.05, 3.63) is 23.8 Å². The van der Waals surface area contributed by atoms with Crippen molar-refractivity contribution in [3.8, 4) is 0 Å². The van der Waals surface area contributed by atoms with E-state index in [-0.39, 0.29) is 0 Å². The van der Waals surface area contributed by atoms with Gasteiger partial charge in [0.05, 0.1) is 5.56 Å². The maximum absolute atomic E-state index is 11.3. The normalized spacial score (nSPS) is 19.9. The van der Waals surface area contributed by atoms with Crippen molar-refractivity contribution < 1.29 is 4.79 Å². The standard InChI is InChI=1S/C13H20N4O/c1-17-5-4-9(8-17)7-16-12-6-10(14)2-3-11(12)13(15)18/h2-3,6,9,16H,4-5,7-8,14H2,1H3,(H2,15,18). The summed E-state index contributed by atoms with van der Waals surface area (Å²) in [6.45, 7) is 3.06. The number of nitrogens with one attached hydrogen (secondary N) is 1. The van der Waals surface area contributed by atoms with Crippen LogP contribution in [0.15, 0.2) is 18.2 Å². The minimum absolute atomic E-state index is 0.430. The molecule has 1 aromatic carbocycles. The minimum atomic E-state index is -0.430. The van der Waals surface area contributed by atoms with E-state index in [9.17, 15) is 4.79 Å². The van der Waals surface area contributed by atoms with Crippen LogP contribution in [0.4, 0.5) is 11.4 Å². The van der Waals surface area contributed by atoms with E-state index in [0.29, 0.717) is 17.2 Å². The molecule has 1 amide bonds. The molecule has 1 atom stereocenters. The summed E-state index contributed by atoms with van der Waals surface area (Å²) in [6, 6.07) is 5.12. The van der Waals surface area contributed by atoms with Gasteiger partial charge in [0.25, 0.3) is 5.91 Å². The number of primary amides is 1. The van der Waals surface area contributed by atoms with Crippen LogP contribution in [0.25, 0.3) is 0 Å². The first-order valence-electron chi connectivity index (χ1n) is 6.18. The quantitative estimate of drug-likeness (QED) is 0.686. The molecule has 98 valence electrons. The van der Waals surface area contributed by atoms with E-state index in [1.807, 2.05) is 0 Å². The number of benzene rings is 1. The van der Waals surface area contributed by atoms with Crippen molar-refractivity contribution in [3.63, 3.8) is 0 Å².